The van der Waals surface area contributed by atoms with E-state index in [0.29, 0.717) is 5.75 Å². The van der Waals surface area contributed by atoms with Crippen LogP contribution in [0.2, 0.25) is 0 Å². The highest BCUT2D eigenvalue weighted by molar-refractivity contribution is 7.89. The molecule has 250 valence electrons. The maximum atomic E-state index is 14.3. The van der Waals surface area contributed by atoms with E-state index in [4.69, 9.17) is 9.47 Å². The average molecular weight is 657 g/mol. The lowest BCUT2D eigenvalue weighted by Crippen LogP contribution is -2.60. The molecule has 5 atom stereocenters. The van der Waals surface area contributed by atoms with Gasteiger partial charge in [-0.15, -0.1) is 6.58 Å². The molecule has 1 saturated carbocycles. The van der Waals surface area contributed by atoms with Crippen molar-refractivity contribution in [2.45, 2.75) is 83.7 Å². The van der Waals surface area contributed by atoms with Gasteiger partial charge in [-0.3, -0.25) is 19.1 Å². The molecule has 1 aliphatic carbocycles. The Bertz CT molecular complexity index is 1640. The number of nitrogens with zero attached hydrogens (tertiary/aromatic N) is 1. The zero-order valence-electron chi connectivity index (χ0n) is 27.4. The van der Waals surface area contributed by atoms with Gasteiger partial charge in [0.15, 0.2) is 0 Å². The second kappa shape index (κ2) is 12.6. The van der Waals surface area contributed by atoms with Crippen LogP contribution in [-0.2, 0) is 29.1 Å². The lowest BCUT2D eigenvalue weighted by atomic mass is 9.85. The first-order valence-electron chi connectivity index (χ1n) is 15.2. The Morgan fingerprint density at radius 1 is 1.04 bits per heavy atom. The van der Waals surface area contributed by atoms with Crippen molar-refractivity contribution in [2.75, 3.05) is 12.8 Å². The van der Waals surface area contributed by atoms with Crippen LogP contribution in [0.3, 0.4) is 0 Å². The van der Waals surface area contributed by atoms with Gasteiger partial charge in [0.1, 0.15) is 35.1 Å². The van der Waals surface area contributed by atoms with Gasteiger partial charge < -0.3 is 25.0 Å². The first-order chi connectivity index (χ1) is 21.2. The molecule has 1 aliphatic heterocycles. The summed E-state index contributed by atoms with van der Waals surface area (Å²) in [5.74, 6) is -2.01. The molecule has 0 radical (unpaired) electrons. The van der Waals surface area contributed by atoms with Crippen molar-refractivity contribution in [2.24, 2.45) is 11.3 Å². The quantitative estimate of drug-likeness (QED) is 0.347. The molecule has 2 aliphatic rings. The van der Waals surface area contributed by atoms with Crippen LogP contribution in [0.1, 0.15) is 54.4 Å². The van der Waals surface area contributed by atoms with Crippen molar-refractivity contribution in [3.63, 3.8) is 0 Å². The van der Waals surface area contributed by atoms with Gasteiger partial charge in [-0.25, -0.2) is 13.2 Å². The van der Waals surface area contributed by atoms with Crippen molar-refractivity contribution >= 4 is 44.6 Å². The van der Waals surface area contributed by atoms with E-state index in [1.165, 1.54) is 11.0 Å². The van der Waals surface area contributed by atoms with E-state index in [2.05, 4.69) is 17.2 Å². The monoisotopic (exact) mass is 656 g/mol. The maximum absolute atomic E-state index is 14.3. The minimum absolute atomic E-state index is 0.0101. The molecule has 2 fully saturated rings. The third-order valence-corrected chi connectivity index (χ3v) is 8.55. The van der Waals surface area contributed by atoms with Gasteiger partial charge in [-0.05, 0) is 44.1 Å². The number of sulfonamides is 1. The van der Waals surface area contributed by atoms with Crippen LogP contribution < -0.4 is 20.1 Å². The fourth-order valence-electron chi connectivity index (χ4n) is 5.69. The van der Waals surface area contributed by atoms with Crippen LogP contribution in [0.15, 0.2) is 55.1 Å². The van der Waals surface area contributed by atoms with Crippen LogP contribution in [0.5, 0.6) is 5.75 Å². The van der Waals surface area contributed by atoms with E-state index in [-0.39, 0.29) is 19.4 Å². The summed E-state index contributed by atoms with van der Waals surface area (Å²) in [6, 6.07) is 11.1. The molecule has 0 bridgehead atoms. The smallest absolute Gasteiger partial charge is 0.408 e. The molecule has 4 amide bonds. The summed E-state index contributed by atoms with van der Waals surface area (Å²) in [4.78, 5) is 55.5. The second-order valence-corrected chi connectivity index (χ2v) is 15.9. The number of alkyl carbamates (subject to hydrolysis) is 1. The van der Waals surface area contributed by atoms with Gasteiger partial charge in [0.05, 0.1) is 12.8 Å². The van der Waals surface area contributed by atoms with Crippen LogP contribution in [0, 0.1) is 11.3 Å². The molecular formula is C33H44N4O8S. The summed E-state index contributed by atoms with van der Waals surface area (Å²) >= 11 is 0. The molecule has 13 heteroatoms. The Morgan fingerprint density at radius 3 is 2.28 bits per heavy atom. The highest BCUT2D eigenvalue weighted by Gasteiger charge is 2.61. The third-order valence-electron chi connectivity index (χ3n) is 7.99. The van der Waals surface area contributed by atoms with Crippen LogP contribution in [0.25, 0.3) is 10.8 Å². The van der Waals surface area contributed by atoms with Crippen LogP contribution in [-0.4, -0.2) is 79.3 Å². The van der Waals surface area contributed by atoms with Crippen LogP contribution in [0.4, 0.5) is 4.79 Å². The van der Waals surface area contributed by atoms with E-state index in [1.54, 1.807) is 41.5 Å². The summed E-state index contributed by atoms with van der Waals surface area (Å²) in [7, 11) is -3.91. The van der Waals surface area contributed by atoms with E-state index >= 15 is 0 Å². The Labute approximate surface area is 270 Å². The minimum Gasteiger partial charge on any atom is -0.488 e. The standard InChI is InChI=1S/C33H44N4O8S/c1-9-21-18-33(21,29(40)36-46(8,42)43)35-27(38)24-17-22(44-25-16-12-14-20-13-10-11-15-23(20)25)19-37(24)28(39)26(31(2,3)4)34-30(41)45-32(5,6)7/h9-16,21-22,24,26H,1,17-19H2,2-8H3,(H,34,41)(H,35,38)(H,36,40). The van der Waals surface area contributed by atoms with E-state index in [1.807, 2.05) is 47.2 Å². The predicted octanol–water partition coefficient (Wildman–Crippen LogP) is 3.26. The van der Waals surface area contributed by atoms with Gasteiger partial charge in [0.25, 0.3) is 5.91 Å². The average Bonchev–Trinajstić information content (AvgIpc) is 3.48. The first-order valence-corrected chi connectivity index (χ1v) is 17.0. The lowest BCUT2D eigenvalue weighted by molar-refractivity contribution is -0.143. The number of rotatable bonds is 9. The fraction of sp³-hybridized carbons (Fsp3) is 0.515. The minimum atomic E-state index is -3.91. The summed E-state index contributed by atoms with van der Waals surface area (Å²) in [5, 5.41) is 7.24. The molecular weight excluding hydrogens is 612 g/mol. The van der Waals surface area contributed by atoms with E-state index in [9.17, 15) is 27.6 Å². The molecule has 1 heterocycles. The number of ether oxygens (including phenoxy) is 2. The zero-order chi connectivity index (χ0) is 34.2. The van der Waals surface area contributed by atoms with Crippen molar-refractivity contribution in [3.05, 3.63) is 55.1 Å². The molecule has 2 aromatic rings. The Morgan fingerprint density at radius 2 is 1.70 bits per heavy atom. The fourth-order valence-corrected chi connectivity index (χ4v) is 6.21. The highest BCUT2D eigenvalue weighted by Crippen LogP contribution is 2.45. The number of hydrogen-bond acceptors (Lipinski definition) is 8. The van der Waals surface area contributed by atoms with Crippen molar-refractivity contribution < 1.29 is 37.1 Å². The Hall–Kier alpha value is -4.13. The van der Waals surface area contributed by atoms with Crippen molar-refractivity contribution in [1.82, 2.24) is 20.3 Å². The van der Waals surface area contributed by atoms with Crippen LogP contribution >= 0.6 is 0 Å². The van der Waals surface area contributed by atoms with Gasteiger partial charge in [-0.1, -0.05) is 63.2 Å². The summed E-state index contributed by atoms with van der Waals surface area (Å²) < 4.78 is 37.5. The number of carbonyl (C=O) groups is 4. The normalized spacial score (nSPS) is 23.6. The van der Waals surface area contributed by atoms with Gasteiger partial charge in [-0.2, -0.15) is 0 Å². The topological polar surface area (TPSA) is 160 Å². The molecule has 4 rings (SSSR count). The molecule has 2 aromatic carbocycles. The third kappa shape index (κ3) is 7.98. The Balaban J connectivity index is 1.66. The summed E-state index contributed by atoms with van der Waals surface area (Å²) in [5.41, 5.74) is -3.14. The number of fused-ring (bicyclic) bond motifs is 1. The largest absolute Gasteiger partial charge is 0.488 e. The molecule has 0 spiro atoms. The molecule has 0 aromatic heterocycles. The summed E-state index contributed by atoms with van der Waals surface area (Å²) in [6.07, 6.45) is 1.14. The van der Waals surface area contributed by atoms with Gasteiger partial charge in [0.2, 0.25) is 21.8 Å². The summed E-state index contributed by atoms with van der Waals surface area (Å²) in [6.45, 7) is 14.2. The number of nitrogens with one attached hydrogen (secondary N) is 3. The number of hydrogen-bond donors (Lipinski definition) is 3. The molecule has 1 saturated heterocycles. The van der Waals surface area contributed by atoms with Crippen molar-refractivity contribution in [1.29, 1.82) is 0 Å². The lowest BCUT2D eigenvalue weighted by Gasteiger charge is -2.36. The van der Waals surface area contributed by atoms with Crippen molar-refractivity contribution in [3.8, 4) is 5.75 Å². The first kappa shape index (κ1) is 34.7. The number of benzene rings is 2. The number of likely N-dealkylation sites (tertiary alicyclic amines) is 1. The molecule has 12 nitrogen and oxygen atoms in total. The van der Waals surface area contributed by atoms with Gasteiger partial charge >= 0.3 is 6.09 Å². The van der Waals surface area contributed by atoms with E-state index in [0.717, 1.165) is 17.0 Å². The maximum Gasteiger partial charge on any atom is 0.408 e. The number of carbonyl (C=O) groups excluding carboxylic acids is 4. The SMILES string of the molecule is C=CC1CC1(NC(=O)C1CC(Oc2cccc3ccccc23)CN1C(=O)C(NC(=O)OC(C)(C)C)C(C)(C)C)C(=O)NS(C)(=O)=O. The molecule has 5 unspecified atom stereocenters. The van der Waals surface area contributed by atoms with Gasteiger partial charge in [0, 0.05) is 17.7 Å². The second-order valence-electron chi connectivity index (χ2n) is 14.1. The van der Waals surface area contributed by atoms with E-state index < -0.39 is 74.5 Å². The predicted molar refractivity (Wildman–Crippen MR) is 173 cm³/mol. The zero-order valence-corrected chi connectivity index (χ0v) is 28.2. The molecule has 3 N–H and O–H groups in total. The highest BCUT2D eigenvalue weighted by atomic mass is 32.2. The molecule has 46 heavy (non-hydrogen) atoms. The Kier molecular flexibility index (Phi) is 9.50. The number of amides is 4.